The Labute approximate surface area is 54.6 Å². The van der Waals surface area contributed by atoms with E-state index in [-0.39, 0.29) is 6.61 Å². The Hall–Kier alpha value is -0.390. The molecule has 0 aromatic heterocycles. The second-order valence-corrected chi connectivity index (χ2v) is 2.93. The van der Waals surface area contributed by atoms with Crippen LogP contribution in [0.3, 0.4) is 0 Å². The average Bonchev–Trinajstić information content (AvgIpc) is 1.59. The van der Waals surface area contributed by atoms with Crippen molar-refractivity contribution in [2.75, 3.05) is 6.61 Å². The zero-order chi connectivity index (χ0) is 7.49. The minimum absolute atomic E-state index is 0.0428. The van der Waals surface area contributed by atoms with Crippen LogP contribution in [0.15, 0.2) is 12.2 Å². The molecule has 0 atom stereocenters. The first kappa shape index (κ1) is 8.61. The summed E-state index contributed by atoms with van der Waals surface area (Å²) in [5, 5.41) is 4.49. The lowest BCUT2D eigenvalue weighted by atomic mass is 10.4. The molecule has 2 N–H and O–H groups in total. The van der Waals surface area contributed by atoms with Gasteiger partial charge in [0.15, 0.2) is 0 Å². The van der Waals surface area contributed by atoms with Gasteiger partial charge in [-0.15, -0.1) is 0 Å². The van der Waals surface area contributed by atoms with Crippen LogP contribution in [0.2, 0.25) is 0 Å². The number of nitrogens with two attached hydrogens (primary N) is 1. The second kappa shape index (κ2) is 2.95. The van der Waals surface area contributed by atoms with Gasteiger partial charge in [-0.05, 0) is 6.92 Å². The van der Waals surface area contributed by atoms with Crippen LogP contribution in [0.4, 0.5) is 0 Å². The summed E-state index contributed by atoms with van der Waals surface area (Å²) in [4.78, 5) is 0. The molecule has 4 nitrogen and oxygen atoms in total. The predicted octanol–water partition coefficient (Wildman–Crippen LogP) is -0.217. The van der Waals surface area contributed by atoms with E-state index in [2.05, 4.69) is 15.9 Å². The maximum atomic E-state index is 10.1. The summed E-state index contributed by atoms with van der Waals surface area (Å²) in [7, 11) is -3.78. The molecule has 0 bridgehead atoms. The lowest BCUT2D eigenvalue weighted by Gasteiger charge is -1.96. The molecule has 0 unspecified atom stereocenters. The topological polar surface area (TPSA) is 69.4 Å². The Bertz CT molecular complexity index is 194. The SMILES string of the molecule is C=C(C)COS(N)(=O)=O. The molecule has 0 saturated heterocycles. The van der Waals surface area contributed by atoms with E-state index in [0.717, 1.165) is 0 Å². The van der Waals surface area contributed by atoms with Crippen molar-refractivity contribution in [2.45, 2.75) is 6.92 Å². The number of hydrogen-bond acceptors (Lipinski definition) is 3. The van der Waals surface area contributed by atoms with E-state index in [9.17, 15) is 8.42 Å². The molecule has 0 fully saturated rings. The standard InChI is InChI=1S/C4H9NO3S/c1-4(2)3-8-9(5,6)7/h1,3H2,2H3,(H2,5,6,7). The van der Waals surface area contributed by atoms with E-state index in [4.69, 9.17) is 0 Å². The Kier molecular flexibility index (Phi) is 2.83. The van der Waals surface area contributed by atoms with E-state index in [1.807, 2.05) is 0 Å². The van der Waals surface area contributed by atoms with Gasteiger partial charge in [-0.25, -0.2) is 5.14 Å². The van der Waals surface area contributed by atoms with Crippen LogP contribution in [-0.4, -0.2) is 15.0 Å². The summed E-state index contributed by atoms with van der Waals surface area (Å²) in [6.45, 7) is 5.01. The highest BCUT2D eigenvalue weighted by atomic mass is 32.2. The molecule has 0 spiro atoms. The van der Waals surface area contributed by atoms with Crippen molar-refractivity contribution in [3.63, 3.8) is 0 Å². The smallest absolute Gasteiger partial charge is 0.254 e. The van der Waals surface area contributed by atoms with Crippen LogP contribution in [-0.2, 0) is 14.5 Å². The van der Waals surface area contributed by atoms with Gasteiger partial charge < -0.3 is 0 Å². The normalized spacial score (nSPS) is 11.3. The molecule has 0 aromatic rings. The van der Waals surface area contributed by atoms with Gasteiger partial charge in [0, 0.05) is 0 Å². The quantitative estimate of drug-likeness (QED) is 0.567. The third-order valence-corrected chi connectivity index (χ3v) is 0.916. The molecule has 0 amide bonds. The molecule has 54 valence electrons. The molecular formula is C4H9NO3S. The van der Waals surface area contributed by atoms with Crippen molar-refractivity contribution in [1.82, 2.24) is 0 Å². The fourth-order valence-electron chi connectivity index (χ4n) is 0.183. The highest BCUT2D eigenvalue weighted by molar-refractivity contribution is 7.84. The average molecular weight is 151 g/mol. The Balaban J connectivity index is 3.67. The Morgan fingerprint density at radius 3 is 2.33 bits per heavy atom. The maximum Gasteiger partial charge on any atom is 0.333 e. The van der Waals surface area contributed by atoms with Gasteiger partial charge in [-0.3, -0.25) is 4.18 Å². The van der Waals surface area contributed by atoms with Gasteiger partial charge in [0.2, 0.25) is 0 Å². The number of hydrogen-bond donors (Lipinski definition) is 1. The highest BCUT2D eigenvalue weighted by Gasteiger charge is 1.99. The monoisotopic (exact) mass is 151 g/mol. The van der Waals surface area contributed by atoms with Gasteiger partial charge in [0.25, 0.3) is 0 Å². The largest absolute Gasteiger partial charge is 0.333 e. The van der Waals surface area contributed by atoms with Crippen LogP contribution < -0.4 is 5.14 Å². The fourth-order valence-corrected chi connectivity index (χ4v) is 0.548. The summed E-state index contributed by atoms with van der Waals surface area (Å²) in [6, 6.07) is 0. The third kappa shape index (κ3) is 7.61. The van der Waals surface area contributed by atoms with Crippen molar-refractivity contribution in [3.8, 4) is 0 Å². The Morgan fingerprint density at radius 2 is 2.22 bits per heavy atom. The molecule has 0 radical (unpaired) electrons. The van der Waals surface area contributed by atoms with E-state index in [1.165, 1.54) is 0 Å². The molecule has 0 heterocycles. The van der Waals surface area contributed by atoms with Crippen LogP contribution in [0.25, 0.3) is 0 Å². The molecule has 0 aromatic carbocycles. The van der Waals surface area contributed by atoms with Crippen molar-refractivity contribution in [2.24, 2.45) is 5.14 Å². The van der Waals surface area contributed by atoms with Gasteiger partial charge in [-0.2, -0.15) is 8.42 Å². The summed E-state index contributed by atoms with van der Waals surface area (Å²) < 4.78 is 24.2. The first-order valence-electron chi connectivity index (χ1n) is 2.23. The fraction of sp³-hybridized carbons (Fsp3) is 0.500. The summed E-state index contributed by atoms with van der Waals surface area (Å²) in [5.41, 5.74) is 0.615. The zero-order valence-electron chi connectivity index (χ0n) is 5.12. The summed E-state index contributed by atoms with van der Waals surface area (Å²) in [5.74, 6) is 0. The van der Waals surface area contributed by atoms with Crippen LogP contribution in [0.5, 0.6) is 0 Å². The maximum absolute atomic E-state index is 10.1. The minimum Gasteiger partial charge on any atom is -0.254 e. The van der Waals surface area contributed by atoms with Gasteiger partial charge in [-0.1, -0.05) is 12.2 Å². The van der Waals surface area contributed by atoms with Crippen LogP contribution in [0, 0.1) is 0 Å². The first-order chi connectivity index (χ1) is 3.92. The summed E-state index contributed by atoms with van der Waals surface area (Å²) >= 11 is 0. The minimum atomic E-state index is -3.78. The molecule has 9 heavy (non-hydrogen) atoms. The van der Waals surface area contributed by atoms with E-state index in [0.29, 0.717) is 5.57 Å². The van der Waals surface area contributed by atoms with Crippen molar-refractivity contribution in [3.05, 3.63) is 12.2 Å². The van der Waals surface area contributed by atoms with Gasteiger partial charge >= 0.3 is 10.3 Å². The zero-order valence-corrected chi connectivity index (χ0v) is 5.94. The van der Waals surface area contributed by atoms with Crippen molar-refractivity contribution >= 4 is 10.3 Å². The second-order valence-electron chi connectivity index (χ2n) is 1.71. The molecule has 0 saturated carbocycles. The molecule has 5 heteroatoms. The number of rotatable bonds is 3. The van der Waals surface area contributed by atoms with Gasteiger partial charge in [0.05, 0.1) is 6.61 Å². The molecule has 0 aliphatic carbocycles. The van der Waals surface area contributed by atoms with Gasteiger partial charge in [0.1, 0.15) is 0 Å². The molecule has 0 aliphatic rings. The van der Waals surface area contributed by atoms with E-state index in [1.54, 1.807) is 6.92 Å². The first-order valence-corrected chi connectivity index (χ1v) is 3.70. The lowest BCUT2D eigenvalue weighted by molar-refractivity contribution is 0.349. The highest BCUT2D eigenvalue weighted by Crippen LogP contribution is 1.90. The van der Waals surface area contributed by atoms with E-state index >= 15 is 0 Å². The van der Waals surface area contributed by atoms with Crippen molar-refractivity contribution in [1.29, 1.82) is 0 Å². The Morgan fingerprint density at radius 1 is 1.78 bits per heavy atom. The van der Waals surface area contributed by atoms with Crippen LogP contribution >= 0.6 is 0 Å². The van der Waals surface area contributed by atoms with Crippen LogP contribution in [0.1, 0.15) is 6.92 Å². The van der Waals surface area contributed by atoms with E-state index < -0.39 is 10.3 Å². The summed E-state index contributed by atoms with van der Waals surface area (Å²) in [6.07, 6.45) is 0. The van der Waals surface area contributed by atoms with Crippen molar-refractivity contribution < 1.29 is 12.6 Å². The molecular weight excluding hydrogens is 142 g/mol. The third-order valence-electron chi connectivity index (χ3n) is 0.470. The predicted molar refractivity (Wildman–Crippen MR) is 33.9 cm³/mol. The lowest BCUT2D eigenvalue weighted by Crippen LogP contribution is -2.16. The molecule has 0 aliphatic heterocycles. The molecule has 0 rings (SSSR count).